The van der Waals surface area contributed by atoms with E-state index in [1.807, 2.05) is 0 Å². The predicted octanol–water partition coefficient (Wildman–Crippen LogP) is 0.807. The molecule has 0 saturated heterocycles. The smallest absolute Gasteiger partial charge is 0.315 e. The van der Waals surface area contributed by atoms with Crippen molar-refractivity contribution in [1.29, 1.82) is 0 Å². The summed E-state index contributed by atoms with van der Waals surface area (Å²) in [7, 11) is 1.26. The molecule has 0 fully saturated rings. The maximum absolute atomic E-state index is 10.7. The van der Waals surface area contributed by atoms with Crippen molar-refractivity contribution in [2.45, 2.75) is 0 Å². The number of ether oxygens (including phenoxy) is 1. The second kappa shape index (κ2) is 4.97. The molecule has 0 spiro atoms. The Morgan fingerprint density at radius 1 is 1.59 bits per heavy atom. The lowest BCUT2D eigenvalue weighted by Gasteiger charge is -2.04. The summed E-state index contributed by atoms with van der Waals surface area (Å²) in [4.78, 5) is 20.4. The molecule has 0 aliphatic rings. The Hall–Kier alpha value is -2.57. The van der Waals surface area contributed by atoms with E-state index in [-0.39, 0.29) is 5.75 Å². The number of nitro groups is 1. The molecule has 0 bridgehead atoms. The highest BCUT2D eigenvalue weighted by Crippen LogP contribution is 2.37. The van der Waals surface area contributed by atoms with E-state index in [0.717, 1.165) is 12.1 Å². The number of methoxy groups -OCH3 is 1. The van der Waals surface area contributed by atoms with E-state index in [1.165, 1.54) is 19.3 Å². The van der Waals surface area contributed by atoms with E-state index < -0.39 is 22.3 Å². The van der Waals surface area contributed by atoms with Crippen molar-refractivity contribution < 1.29 is 19.6 Å². The van der Waals surface area contributed by atoms with Gasteiger partial charge in [0, 0.05) is 12.1 Å². The van der Waals surface area contributed by atoms with Crippen LogP contribution in [0.25, 0.3) is 6.08 Å². The van der Waals surface area contributed by atoms with Gasteiger partial charge < -0.3 is 15.6 Å². The maximum Gasteiger partial charge on any atom is 0.315 e. The van der Waals surface area contributed by atoms with E-state index in [9.17, 15) is 20.0 Å². The fourth-order valence-electron chi connectivity index (χ4n) is 1.18. The van der Waals surface area contributed by atoms with Crippen LogP contribution in [0.15, 0.2) is 18.2 Å². The summed E-state index contributed by atoms with van der Waals surface area (Å²) in [5, 5.41) is 20.1. The number of hydrogen-bond donors (Lipinski definition) is 2. The second-order valence-electron chi connectivity index (χ2n) is 3.08. The van der Waals surface area contributed by atoms with Crippen LogP contribution in [0.1, 0.15) is 5.56 Å². The third kappa shape index (κ3) is 2.94. The highest BCUT2D eigenvalue weighted by molar-refractivity contribution is 5.90. The van der Waals surface area contributed by atoms with Gasteiger partial charge in [0.15, 0.2) is 5.75 Å². The Morgan fingerprint density at radius 2 is 2.24 bits per heavy atom. The molecule has 1 aromatic rings. The van der Waals surface area contributed by atoms with Crippen molar-refractivity contribution in [3.8, 4) is 11.5 Å². The lowest BCUT2D eigenvalue weighted by Crippen LogP contribution is -2.05. The van der Waals surface area contributed by atoms with Gasteiger partial charge in [-0.1, -0.05) is 0 Å². The van der Waals surface area contributed by atoms with Gasteiger partial charge in [-0.05, 0) is 17.7 Å². The zero-order valence-electron chi connectivity index (χ0n) is 8.91. The minimum Gasteiger partial charge on any atom is -0.500 e. The average Bonchev–Trinajstić information content (AvgIpc) is 2.27. The molecule has 90 valence electrons. The Kier molecular flexibility index (Phi) is 3.66. The van der Waals surface area contributed by atoms with Gasteiger partial charge in [0.05, 0.1) is 12.0 Å². The zero-order chi connectivity index (χ0) is 13.0. The van der Waals surface area contributed by atoms with Crippen LogP contribution in [0.4, 0.5) is 5.69 Å². The molecular weight excluding hydrogens is 228 g/mol. The molecule has 1 rings (SSSR count). The Morgan fingerprint density at radius 3 is 2.71 bits per heavy atom. The monoisotopic (exact) mass is 238 g/mol. The van der Waals surface area contributed by atoms with Crippen LogP contribution in [-0.4, -0.2) is 23.0 Å². The van der Waals surface area contributed by atoms with Crippen LogP contribution in [0, 0.1) is 10.1 Å². The van der Waals surface area contributed by atoms with Crippen LogP contribution in [0.3, 0.4) is 0 Å². The third-order valence-corrected chi connectivity index (χ3v) is 1.93. The van der Waals surface area contributed by atoms with Crippen molar-refractivity contribution in [3.63, 3.8) is 0 Å². The van der Waals surface area contributed by atoms with Crippen LogP contribution in [-0.2, 0) is 4.79 Å². The van der Waals surface area contributed by atoms with Gasteiger partial charge in [-0.3, -0.25) is 14.9 Å². The SMILES string of the molecule is COc1cc(/C=C\C(N)=O)cc([N+](=O)[O-])c1O. The van der Waals surface area contributed by atoms with E-state index in [1.54, 1.807) is 0 Å². The minimum atomic E-state index is -0.751. The molecule has 0 saturated carbocycles. The lowest BCUT2D eigenvalue weighted by atomic mass is 10.1. The van der Waals surface area contributed by atoms with Crippen LogP contribution in [0.5, 0.6) is 11.5 Å². The first-order valence-corrected chi connectivity index (χ1v) is 4.48. The first kappa shape index (κ1) is 12.5. The predicted molar refractivity (Wildman–Crippen MR) is 59.5 cm³/mol. The first-order chi connectivity index (χ1) is 7.95. The highest BCUT2D eigenvalue weighted by Gasteiger charge is 2.18. The van der Waals surface area contributed by atoms with Crippen LogP contribution < -0.4 is 10.5 Å². The van der Waals surface area contributed by atoms with Crippen molar-refractivity contribution in [1.82, 2.24) is 0 Å². The molecule has 0 aliphatic carbocycles. The molecule has 7 heteroatoms. The number of nitrogens with two attached hydrogens (primary N) is 1. The van der Waals surface area contributed by atoms with E-state index in [0.29, 0.717) is 5.56 Å². The van der Waals surface area contributed by atoms with E-state index in [2.05, 4.69) is 0 Å². The van der Waals surface area contributed by atoms with Gasteiger partial charge in [0.1, 0.15) is 0 Å². The molecule has 0 aromatic heterocycles. The lowest BCUT2D eigenvalue weighted by molar-refractivity contribution is -0.386. The summed E-state index contributed by atoms with van der Waals surface area (Å²) in [6.07, 6.45) is 2.34. The summed E-state index contributed by atoms with van der Waals surface area (Å²) in [6.45, 7) is 0. The average molecular weight is 238 g/mol. The fraction of sp³-hybridized carbons (Fsp3) is 0.100. The number of benzene rings is 1. The number of rotatable bonds is 4. The second-order valence-corrected chi connectivity index (χ2v) is 3.08. The largest absolute Gasteiger partial charge is 0.500 e. The first-order valence-electron chi connectivity index (χ1n) is 4.48. The molecule has 7 nitrogen and oxygen atoms in total. The summed E-state index contributed by atoms with van der Waals surface area (Å²) in [6, 6.07) is 2.46. The molecule has 0 atom stereocenters. The standard InChI is InChI=1S/C10H10N2O5/c1-17-8-5-6(2-3-9(11)13)4-7(10(8)14)12(15)16/h2-5,14H,1H3,(H2,11,13)/b3-2-. The molecule has 0 heterocycles. The number of aromatic hydroxyl groups is 1. The third-order valence-electron chi connectivity index (χ3n) is 1.93. The highest BCUT2D eigenvalue weighted by atomic mass is 16.6. The number of nitrogens with zero attached hydrogens (tertiary/aromatic N) is 1. The minimum absolute atomic E-state index is 0.0525. The van der Waals surface area contributed by atoms with E-state index in [4.69, 9.17) is 10.5 Å². The number of amides is 1. The van der Waals surface area contributed by atoms with Crippen molar-refractivity contribution in [2.24, 2.45) is 5.73 Å². The Bertz CT molecular complexity index is 496. The molecule has 0 radical (unpaired) electrons. The topological polar surface area (TPSA) is 116 Å². The summed E-state index contributed by atoms with van der Waals surface area (Å²) < 4.78 is 4.78. The van der Waals surface area contributed by atoms with Gasteiger partial charge in [-0.15, -0.1) is 0 Å². The molecule has 0 unspecified atom stereocenters. The number of primary amides is 1. The number of nitro benzene ring substituents is 1. The summed E-state index contributed by atoms with van der Waals surface area (Å²) in [5.74, 6) is -1.29. The van der Waals surface area contributed by atoms with Gasteiger partial charge in [0.2, 0.25) is 11.7 Å². The number of phenols is 1. The van der Waals surface area contributed by atoms with Gasteiger partial charge in [-0.25, -0.2) is 0 Å². The molecule has 3 N–H and O–H groups in total. The maximum atomic E-state index is 10.7. The zero-order valence-corrected chi connectivity index (χ0v) is 8.91. The quantitative estimate of drug-likeness (QED) is 0.457. The fourth-order valence-corrected chi connectivity index (χ4v) is 1.18. The molecule has 0 aliphatic heterocycles. The van der Waals surface area contributed by atoms with Crippen molar-refractivity contribution in [2.75, 3.05) is 7.11 Å². The van der Waals surface area contributed by atoms with Gasteiger partial charge in [-0.2, -0.15) is 0 Å². The number of carbonyl (C=O) groups is 1. The Labute approximate surface area is 96.3 Å². The number of carbonyl (C=O) groups excluding carboxylic acids is 1. The number of hydrogen-bond acceptors (Lipinski definition) is 5. The van der Waals surface area contributed by atoms with E-state index >= 15 is 0 Å². The van der Waals surface area contributed by atoms with Crippen LogP contribution in [0.2, 0.25) is 0 Å². The normalized spacial score (nSPS) is 10.4. The van der Waals surface area contributed by atoms with Crippen molar-refractivity contribution in [3.05, 3.63) is 33.9 Å². The Balaban J connectivity index is 3.30. The summed E-state index contributed by atoms with van der Waals surface area (Å²) in [5.41, 5.74) is 4.72. The molecule has 1 aromatic carbocycles. The summed E-state index contributed by atoms with van der Waals surface area (Å²) >= 11 is 0. The molecule has 17 heavy (non-hydrogen) atoms. The van der Waals surface area contributed by atoms with Crippen molar-refractivity contribution >= 4 is 17.7 Å². The molecule has 1 amide bonds. The van der Waals surface area contributed by atoms with Gasteiger partial charge >= 0.3 is 5.69 Å². The van der Waals surface area contributed by atoms with Crippen LogP contribution >= 0.6 is 0 Å². The number of phenolic OH excluding ortho intramolecular Hbond substituents is 1. The molecular formula is C10H10N2O5. The van der Waals surface area contributed by atoms with Gasteiger partial charge in [0.25, 0.3) is 0 Å².